The van der Waals surface area contributed by atoms with Crippen molar-refractivity contribution < 1.29 is 18.8 Å². The maximum Gasteiger partial charge on any atom is 0.258 e. The van der Waals surface area contributed by atoms with Gasteiger partial charge in [0, 0.05) is 67.5 Å². The van der Waals surface area contributed by atoms with Gasteiger partial charge in [0.15, 0.2) is 0 Å². The molecule has 1 aromatic heterocycles. The normalized spacial score (nSPS) is 20.0. The van der Waals surface area contributed by atoms with E-state index in [0.717, 1.165) is 0 Å². The van der Waals surface area contributed by atoms with Gasteiger partial charge in [-0.15, -0.1) is 0 Å². The van der Waals surface area contributed by atoms with Crippen molar-refractivity contribution in [2.75, 3.05) is 31.3 Å². The Morgan fingerprint density at radius 2 is 2.10 bits per heavy atom. The summed E-state index contributed by atoms with van der Waals surface area (Å²) in [7, 11) is 3.01. The maximum atomic E-state index is 15.4. The van der Waals surface area contributed by atoms with Crippen molar-refractivity contribution in [2.24, 2.45) is 0 Å². The number of nitrogens with zero attached hydrogens (tertiary/aromatic N) is 3. The molecule has 2 amide bonds. The number of aromatic nitrogens is 1. The monoisotopic (exact) mass is 430 g/mol. The average molecular weight is 431 g/mol. The predicted octanol–water partition coefficient (Wildman–Crippen LogP) is 2.79. The predicted molar refractivity (Wildman–Crippen MR) is 111 cm³/mol. The van der Waals surface area contributed by atoms with Gasteiger partial charge in [0.2, 0.25) is 6.41 Å². The highest BCUT2D eigenvalue weighted by atomic mass is 35.5. The SMILES string of the molecule is CN(C)C(=O)c1c(N)ccc(-c2cnc3c(c2Cl)C2(CCC(=O)C2)CN3C=O)c1F. The van der Waals surface area contributed by atoms with Crippen molar-refractivity contribution in [2.45, 2.75) is 24.7 Å². The third-order valence-electron chi connectivity index (χ3n) is 5.90. The van der Waals surface area contributed by atoms with E-state index in [4.69, 9.17) is 17.3 Å². The second-order valence-electron chi connectivity index (χ2n) is 8.00. The van der Waals surface area contributed by atoms with E-state index in [0.29, 0.717) is 37.2 Å². The third-order valence-corrected chi connectivity index (χ3v) is 6.29. The molecule has 2 N–H and O–H groups in total. The number of rotatable bonds is 3. The van der Waals surface area contributed by atoms with E-state index in [1.54, 1.807) is 0 Å². The summed E-state index contributed by atoms with van der Waals surface area (Å²) in [5.74, 6) is -0.886. The van der Waals surface area contributed by atoms with Crippen LogP contribution >= 0.6 is 11.6 Å². The first-order valence-electron chi connectivity index (χ1n) is 9.43. The number of hydrogen-bond donors (Lipinski definition) is 1. The topological polar surface area (TPSA) is 96.6 Å². The number of carbonyl (C=O) groups is 3. The number of Topliss-reactive ketones (excluding diaryl/α,β-unsaturated/α-hetero) is 1. The number of benzene rings is 1. The number of fused-ring (bicyclic) bond motifs is 2. The van der Waals surface area contributed by atoms with Gasteiger partial charge in [0.05, 0.1) is 10.6 Å². The Morgan fingerprint density at radius 3 is 2.70 bits per heavy atom. The molecule has 7 nitrogen and oxygen atoms in total. The van der Waals surface area contributed by atoms with Crippen LogP contribution in [0.2, 0.25) is 5.02 Å². The molecule has 2 aliphatic rings. The Hall–Kier alpha value is -3.00. The van der Waals surface area contributed by atoms with Crippen molar-refractivity contribution in [1.82, 2.24) is 9.88 Å². The number of carbonyl (C=O) groups excluding carboxylic acids is 3. The summed E-state index contributed by atoms with van der Waals surface area (Å²) in [6.45, 7) is 0.308. The fourth-order valence-electron chi connectivity index (χ4n) is 4.44. The van der Waals surface area contributed by atoms with Gasteiger partial charge in [0.1, 0.15) is 17.4 Å². The van der Waals surface area contributed by atoms with Crippen LogP contribution in [0.5, 0.6) is 0 Å². The Kier molecular flexibility index (Phi) is 4.77. The molecule has 9 heteroatoms. The largest absolute Gasteiger partial charge is 0.398 e. The molecule has 1 aliphatic carbocycles. The van der Waals surface area contributed by atoms with Crippen molar-refractivity contribution in [3.63, 3.8) is 0 Å². The molecule has 1 unspecified atom stereocenters. The minimum atomic E-state index is -0.792. The number of ketones is 1. The molecule has 4 rings (SSSR count). The summed E-state index contributed by atoms with van der Waals surface area (Å²) in [4.78, 5) is 43.1. The van der Waals surface area contributed by atoms with E-state index in [2.05, 4.69) is 4.98 Å². The van der Waals surface area contributed by atoms with E-state index >= 15 is 4.39 Å². The van der Waals surface area contributed by atoms with Crippen LogP contribution < -0.4 is 10.6 Å². The van der Waals surface area contributed by atoms with Crippen molar-refractivity contribution >= 4 is 41.2 Å². The standard InChI is InChI=1S/C21H20ClFN4O3/c1-26(2)20(30)15-14(24)4-3-12(18(15)23)13-8-25-19-16(17(13)22)21(9-27(19)10-28)6-5-11(29)7-21/h3-4,8,10H,5-7,9,24H2,1-2H3. The van der Waals surface area contributed by atoms with Gasteiger partial charge in [0.25, 0.3) is 5.91 Å². The van der Waals surface area contributed by atoms with Crippen LogP contribution in [0.4, 0.5) is 15.9 Å². The van der Waals surface area contributed by atoms with Gasteiger partial charge in [-0.1, -0.05) is 11.6 Å². The van der Waals surface area contributed by atoms with Crippen LogP contribution in [0.1, 0.15) is 35.2 Å². The van der Waals surface area contributed by atoms with Gasteiger partial charge in [-0.25, -0.2) is 9.37 Å². The van der Waals surface area contributed by atoms with Crippen LogP contribution in [0.3, 0.4) is 0 Å². The van der Waals surface area contributed by atoms with E-state index in [9.17, 15) is 14.4 Å². The summed E-state index contributed by atoms with van der Waals surface area (Å²) >= 11 is 6.75. The Morgan fingerprint density at radius 1 is 1.37 bits per heavy atom. The Balaban J connectivity index is 1.93. The first kappa shape index (κ1) is 20.3. The molecular formula is C21H20ClFN4O3. The number of anilines is 2. The van der Waals surface area contributed by atoms with Crippen LogP contribution in [0, 0.1) is 5.82 Å². The van der Waals surface area contributed by atoms with E-state index in [1.807, 2.05) is 0 Å². The summed E-state index contributed by atoms with van der Waals surface area (Å²) in [6, 6.07) is 2.90. The summed E-state index contributed by atoms with van der Waals surface area (Å²) < 4.78 is 15.4. The molecule has 1 aliphatic heterocycles. The maximum absolute atomic E-state index is 15.4. The number of hydrogen-bond acceptors (Lipinski definition) is 5. The van der Waals surface area contributed by atoms with E-state index in [1.165, 1.54) is 42.2 Å². The first-order valence-corrected chi connectivity index (χ1v) is 9.80. The number of halogens is 2. The highest BCUT2D eigenvalue weighted by molar-refractivity contribution is 6.35. The van der Waals surface area contributed by atoms with Crippen molar-refractivity contribution in [3.05, 3.63) is 40.3 Å². The molecule has 0 saturated heterocycles. The molecule has 0 bridgehead atoms. The fraction of sp³-hybridized carbons (Fsp3) is 0.333. The molecule has 1 aromatic carbocycles. The first-order chi connectivity index (χ1) is 14.2. The third kappa shape index (κ3) is 2.86. The highest BCUT2D eigenvalue weighted by Gasteiger charge is 2.50. The zero-order valence-electron chi connectivity index (χ0n) is 16.5. The second-order valence-corrected chi connectivity index (χ2v) is 8.38. The minimum Gasteiger partial charge on any atom is -0.398 e. The fourth-order valence-corrected chi connectivity index (χ4v) is 4.88. The van der Waals surface area contributed by atoms with Crippen LogP contribution in [-0.2, 0) is 15.0 Å². The van der Waals surface area contributed by atoms with E-state index in [-0.39, 0.29) is 39.6 Å². The lowest BCUT2D eigenvalue weighted by molar-refractivity contribution is -0.117. The Labute approximate surface area is 177 Å². The van der Waals surface area contributed by atoms with Gasteiger partial charge >= 0.3 is 0 Å². The molecule has 1 fully saturated rings. The van der Waals surface area contributed by atoms with Gasteiger partial charge in [-0.3, -0.25) is 19.3 Å². The van der Waals surface area contributed by atoms with Crippen LogP contribution in [0.15, 0.2) is 18.3 Å². The van der Waals surface area contributed by atoms with Crippen LogP contribution in [0.25, 0.3) is 11.1 Å². The minimum absolute atomic E-state index is 0.0187. The van der Waals surface area contributed by atoms with Gasteiger partial charge in [-0.05, 0) is 18.6 Å². The summed E-state index contributed by atoms with van der Waals surface area (Å²) in [6.07, 6.45) is 3.24. The van der Waals surface area contributed by atoms with Gasteiger partial charge in [-0.2, -0.15) is 0 Å². The molecule has 156 valence electrons. The molecule has 1 spiro atoms. The lowest BCUT2D eigenvalue weighted by atomic mass is 9.80. The Bertz CT molecular complexity index is 1100. The van der Waals surface area contributed by atoms with E-state index < -0.39 is 17.1 Å². The molecule has 1 atom stereocenters. The molecule has 1 saturated carbocycles. The molecular weight excluding hydrogens is 411 g/mol. The number of nitrogens with two attached hydrogens (primary N) is 1. The average Bonchev–Trinajstić information content (AvgIpc) is 3.22. The quantitative estimate of drug-likeness (QED) is 0.596. The van der Waals surface area contributed by atoms with Crippen molar-refractivity contribution in [1.29, 1.82) is 0 Å². The van der Waals surface area contributed by atoms with Gasteiger partial charge < -0.3 is 10.6 Å². The lowest BCUT2D eigenvalue weighted by Gasteiger charge is -2.24. The number of pyridine rings is 1. The highest BCUT2D eigenvalue weighted by Crippen LogP contribution is 2.53. The number of nitrogen functional groups attached to an aromatic ring is 1. The number of amides is 2. The van der Waals surface area contributed by atoms with Crippen LogP contribution in [-0.4, -0.2) is 48.6 Å². The summed E-state index contributed by atoms with van der Waals surface area (Å²) in [5, 5.41) is 0.228. The summed E-state index contributed by atoms with van der Waals surface area (Å²) in [5.41, 5.74) is 5.96. The molecule has 0 radical (unpaired) electrons. The second kappa shape index (κ2) is 7.05. The van der Waals surface area contributed by atoms with Crippen molar-refractivity contribution in [3.8, 4) is 11.1 Å². The molecule has 2 heterocycles. The zero-order chi connectivity index (χ0) is 21.8. The zero-order valence-corrected chi connectivity index (χ0v) is 17.3. The smallest absolute Gasteiger partial charge is 0.258 e. The lowest BCUT2D eigenvalue weighted by Crippen LogP contribution is -2.31. The molecule has 2 aromatic rings. The molecule has 30 heavy (non-hydrogen) atoms.